The summed E-state index contributed by atoms with van der Waals surface area (Å²) in [6, 6.07) is 5.68. The minimum absolute atomic E-state index is 0.0470. The van der Waals surface area contributed by atoms with Gasteiger partial charge in [-0.25, -0.2) is 8.42 Å². The molecule has 1 atom stereocenters. The van der Waals surface area contributed by atoms with Crippen LogP contribution >= 0.6 is 11.8 Å². The Balaban J connectivity index is 2.26. The standard InChI is InChI=1S/C18H28N2O3S2/c1-14-6-7-16(24-4)12-17(14)18(21)20(10-5-9-19(2)3)15-8-11-25(22,23)13-15/h6-7,12,15H,5,8-11,13H2,1-4H3. The number of carbonyl (C=O) groups is 1. The molecule has 1 aromatic carbocycles. The number of rotatable bonds is 7. The number of hydrogen-bond acceptors (Lipinski definition) is 5. The number of benzene rings is 1. The highest BCUT2D eigenvalue weighted by Crippen LogP contribution is 2.24. The van der Waals surface area contributed by atoms with Crippen molar-refractivity contribution >= 4 is 27.5 Å². The number of hydrogen-bond donors (Lipinski definition) is 0. The van der Waals surface area contributed by atoms with Crippen molar-refractivity contribution in [3.05, 3.63) is 29.3 Å². The molecule has 1 heterocycles. The lowest BCUT2D eigenvalue weighted by Crippen LogP contribution is -2.42. The van der Waals surface area contributed by atoms with Crippen molar-refractivity contribution in [2.45, 2.75) is 30.7 Å². The summed E-state index contributed by atoms with van der Waals surface area (Å²) in [4.78, 5) is 18.1. The molecule has 5 nitrogen and oxygen atoms in total. The van der Waals surface area contributed by atoms with Gasteiger partial charge < -0.3 is 9.80 Å². The predicted molar refractivity (Wildman–Crippen MR) is 104 cm³/mol. The van der Waals surface area contributed by atoms with Crippen LogP contribution in [0.15, 0.2) is 23.1 Å². The maximum atomic E-state index is 13.2. The molecule has 0 aromatic heterocycles. The molecule has 25 heavy (non-hydrogen) atoms. The van der Waals surface area contributed by atoms with Crippen molar-refractivity contribution in [3.8, 4) is 0 Å². The molecule has 1 aliphatic heterocycles. The third-order valence-corrected chi connectivity index (χ3v) is 7.07. The monoisotopic (exact) mass is 384 g/mol. The number of amides is 1. The highest BCUT2D eigenvalue weighted by molar-refractivity contribution is 7.98. The molecular weight excluding hydrogens is 356 g/mol. The van der Waals surface area contributed by atoms with Gasteiger partial charge in [0.05, 0.1) is 11.5 Å². The molecule has 1 amide bonds. The second-order valence-corrected chi connectivity index (χ2v) is 10.0. The van der Waals surface area contributed by atoms with Gasteiger partial charge >= 0.3 is 0 Å². The van der Waals surface area contributed by atoms with Crippen LogP contribution in [-0.4, -0.2) is 75.1 Å². The van der Waals surface area contributed by atoms with Crippen molar-refractivity contribution in [1.82, 2.24) is 9.80 Å². The third kappa shape index (κ3) is 5.46. The molecule has 1 fully saturated rings. The fourth-order valence-corrected chi connectivity index (χ4v) is 5.31. The first-order valence-electron chi connectivity index (χ1n) is 8.54. The lowest BCUT2D eigenvalue weighted by atomic mass is 10.1. The summed E-state index contributed by atoms with van der Waals surface area (Å²) >= 11 is 1.60. The zero-order valence-electron chi connectivity index (χ0n) is 15.5. The molecule has 140 valence electrons. The lowest BCUT2D eigenvalue weighted by Gasteiger charge is -2.29. The van der Waals surface area contributed by atoms with E-state index < -0.39 is 9.84 Å². The average molecular weight is 385 g/mol. The Bertz CT molecular complexity index is 717. The van der Waals surface area contributed by atoms with Gasteiger partial charge in [0.25, 0.3) is 5.91 Å². The Morgan fingerprint density at radius 2 is 2.00 bits per heavy atom. The molecular formula is C18H28N2O3S2. The van der Waals surface area contributed by atoms with E-state index in [1.807, 2.05) is 45.5 Å². The van der Waals surface area contributed by atoms with E-state index in [9.17, 15) is 13.2 Å². The van der Waals surface area contributed by atoms with Crippen molar-refractivity contribution in [1.29, 1.82) is 0 Å². The van der Waals surface area contributed by atoms with Crippen LogP contribution in [0.5, 0.6) is 0 Å². The molecule has 0 aliphatic carbocycles. The number of carbonyl (C=O) groups excluding carboxylic acids is 1. The SMILES string of the molecule is CSc1ccc(C)c(C(=O)N(CCCN(C)C)C2CCS(=O)(=O)C2)c1. The second-order valence-electron chi connectivity index (χ2n) is 6.89. The van der Waals surface area contributed by atoms with Gasteiger partial charge in [0.2, 0.25) is 0 Å². The Kier molecular flexibility index (Phi) is 6.93. The van der Waals surface area contributed by atoms with Crippen molar-refractivity contribution in [2.75, 3.05) is 44.9 Å². The van der Waals surface area contributed by atoms with Crippen LogP contribution in [0, 0.1) is 6.92 Å². The largest absolute Gasteiger partial charge is 0.335 e. The molecule has 1 saturated heterocycles. The summed E-state index contributed by atoms with van der Waals surface area (Å²) in [5, 5.41) is 0. The average Bonchev–Trinajstić information content (AvgIpc) is 2.91. The molecule has 1 aliphatic rings. The minimum atomic E-state index is -3.03. The zero-order valence-corrected chi connectivity index (χ0v) is 17.1. The molecule has 1 unspecified atom stereocenters. The van der Waals surface area contributed by atoms with Gasteiger partial charge in [0.15, 0.2) is 9.84 Å². The van der Waals surface area contributed by atoms with Crippen molar-refractivity contribution in [3.63, 3.8) is 0 Å². The van der Waals surface area contributed by atoms with Crippen LogP contribution in [0.1, 0.15) is 28.8 Å². The van der Waals surface area contributed by atoms with Crippen LogP contribution in [0.2, 0.25) is 0 Å². The van der Waals surface area contributed by atoms with Crippen molar-refractivity contribution in [2.24, 2.45) is 0 Å². The van der Waals surface area contributed by atoms with E-state index in [0.717, 1.165) is 23.4 Å². The van der Waals surface area contributed by atoms with Crippen molar-refractivity contribution < 1.29 is 13.2 Å². The maximum Gasteiger partial charge on any atom is 0.254 e. The van der Waals surface area contributed by atoms with Gasteiger partial charge in [0, 0.05) is 23.0 Å². The van der Waals surface area contributed by atoms with Gasteiger partial charge in [-0.15, -0.1) is 11.8 Å². The van der Waals surface area contributed by atoms with E-state index in [-0.39, 0.29) is 23.5 Å². The van der Waals surface area contributed by atoms with E-state index in [4.69, 9.17) is 0 Å². The predicted octanol–water partition coefficient (Wildman–Crippen LogP) is 2.30. The smallest absolute Gasteiger partial charge is 0.254 e. The van der Waals surface area contributed by atoms with E-state index in [1.54, 1.807) is 16.7 Å². The zero-order chi connectivity index (χ0) is 18.6. The molecule has 0 radical (unpaired) electrons. The molecule has 0 bridgehead atoms. The first kappa shape index (κ1) is 20.3. The Morgan fingerprint density at radius 1 is 1.28 bits per heavy atom. The minimum Gasteiger partial charge on any atom is -0.335 e. The fraction of sp³-hybridized carbons (Fsp3) is 0.611. The molecule has 1 aromatic rings. The van der Waals surface area contributed by atoms with Crippen LogP contribution in [0.4, 0.5) is 0 Å². The summed E-state index contributed by atoms with van der Waals surface area (Å²) in [5.74, 6) is 0.218. The first-order valence-corrected chi connectivity index (χ1v) is 11.6. The Labute approximate surface area is 155 Å². The van der Waals surface area contributed by atoms with Gasteiger partial charge in [0.1, 0.15) is 0 Å². The number of aryl methyl sites for hydroxylation is 1. The van der Waals surface area contributed by atoms with Crippen LogP contribution in [0.3, 0.4) is 0 Å². The summed E-state index contributed by atoms with van der Waals surface area (Å²) < 4.78 is 23.8. The first-order chi connectivity index (χ1) is 11.7. The van der Waals surface area contributed by atoms with E-state index in [0.29, 0.717) is 18.5 Å². The number of thioether (sulfide) groups is 1. The summed E-state index contributed by atoms with van der Waals surface area (Å²) in [6.45, 7) is 3.38. The summed E-state index contributed by atoms with van der Waals surface area (Å²) in [6.07, 6.45) is 3.35. The molecule has 0 spiro atoms. The number of nitrogens with zero attached hydrogens (tertiary/aromatic N) is 2. The third-order valence-electron chi connectivity index (χ3n) is 4.59. The Hall–Kier alpha value is -1.05. The Morgan fingerprint density at radius 3 is 2.56 bits per heavy atom. The van der Waals surface area contributed by atoms with Crippen LogP contribution in [-0.2, 0) is 9.84 Å². The van der Waals surface area contributed by atoms with Crippen LogP contribution in [0.25, 0.3) is 0 Å². The highest BCUT2D eigenvalue weighted by Gasteiger charge is 2.35. The van der Waals surface area contributed by atoms with E-state index in [1.165, 1.54) is 0 Å². The number of sulfone groups is 1. The fourth-order valence-electron chi connectivity index (χ4n) is 3.14. The molecule has 0 saturated carbocycles. The normalized spacial score (nSPS) is 19.3. The van der Waals surface area contributed by atoms with Crippen LogP contribution < -0.4 is 0 Å². The summed E-state index contributed by atoms with van der Waals surface area (Å²) in [5.41, 5.74) is 1.61. The maximum absolute atomic E-state index is 13.2. The van der Waals surface area contributed by atoms with Gasteiger partial charge in [-0.1, -0.05) is 6.07 Å². The second kappa shape index (κ2) is 8.56. The topological polar surface area (TPSA) is 57.7 Å². The van der Waals surface area contributed by atoms with Gasteiger partial charge in [-0.2, -0.15) is 0 Å². The summed E-state index contributed by atoms with van der Waals surface area (Å²) in [7, 11) is 0.968. The molecule has 7 heteroatoms. The molecule has 2 rings (SSSR count). The van der Waals surface area contributed by atoms with Gasteiger partial charge in [-0.3, -0.25) is 4.79 Å². The highest BCUT2D eigenvalue weighted by atomic mass is 32.2. The lowest BCUT2D eigenvalue weighted by molar-refractivity contribution is 0.0689. The van der Waals surface area contributed by atoms with E-state index in [2.05, 4.69) is 4.90 Å². The quantitative estimate of drug-likeness (QED) is 0.675. The van der Waals surface area contributed by atoms with E-state index >= 15 is 0 Å². The molecule has 0 N–H and O–H groups in total. The van der Waals surface area contributed by atoms with Gasteiger partial charge in [-0.05, 0) is 64.4 Å².